The quantitative estimate of drug-likeness (QED) is 0.858. The van der Waals surface area contributed by atoms with E-state index < -0.39 is 0 Å². The Balaban J connectivity index is 1.37. The van der Waals surface area contributed by atoms with Gasteiger partial charge in [-0.2, -0.15) is 0 Å². The van der Waals surface area contributed by atoms with Gasteiger partial charge in [-0.25, -0.2) is 4.98 Å². The maximum Gasteiger partial charge on any atom is 0.225 e. The van der Waals surface area contributed by atoms with E-state index in [0.29, 0.717) is 32.0 Å². The van der Waals surface area contributed by atoms with Crippen LogP contribution in [-0.2, 0) is 16.1 Å². The lowest BCUT2D eigenvalue weighted by atomic mass is 9.95. The number of rotatable bonds is 5. The fraction of sp³-hybridized carbons (Fsp3) is 0.476. The van der Waals surface area contributed by atoms with E-state index in [9.17, 15) is 9.59 Å². The van der Waals surface area contributed by atoms with Gasteiger partial charge in [-0.15, -0.1) is 11.3 Å². The summed E-state index contributed by atoms with van der Waals surface area (Å²) in [6.07, 6.45) is 5.70. The Morgan fingerprint density at radius 3 is 2.74 bits per heavy atom. The third-order valence-electron chi connectivity index (χ3n) is 5.69. The molecule has 0 spiro atoms. The molecule has 2 aliphatic rings. The normalized spacial score (nSPS) is 20.8. The highest BCUT2D eigenvalue weighted by atomic mass is 32.1. The number of piperidine rings is 1. The van der Waals surface area contributed by atoms with Gasteiger partial charge in [-0.05, 0) is 19.3 Å². The van der Waals surface area contributed by atoms with E-state index in [0.717, 1.165) is 29.0 Å². The number of thiazole rings is 1. The maximum absolute atomic E-state index is 12.7. The fourth-order valence-corrected chi connectivity index (χ4v) is 4.92. The van der Waals surface area contributed by atoms with Gasteiger partial charge in [-0.1, -0.05) is 43.2 Å². The minimum atomic E-state index is -0.101. The van der Waals surface area contributed by atoms with Crippen molar-refractivity contribution in [2.75, 3.05) is 6.54 Å². The lowest BCUT2D eigenvalue weighted by Gasteiger charge is -2.36. The molecule has 1 saturated heterocycles. The SMILES string of the molecule is O=C(NCc1scnc1-c1ccccc1)C1CCC(=O)N(C2CCCC2)C1. The van der Waals surface area contributed by atoms with E-state index in [-0.39, 0.29) is 17.7 Å². The zero-order chi connectivity index (χ0) is 18.6. The van der Waals surface area contributed by atoms with Crippen LogP contribution in [0.2, 0.25) is 0 Å². The largest absolute Gasteiger partial charge is 0.351 e. The number of benzene rings is 1. The summed E-state index contributed by atoms with van der Waals surface area (Å²) in [6.45, 7) is 1.06. The van der Waals surface area contributed by atoms with E-state index in [2.05, 4.69) is 10.3 Å². The Morgan fingerprint density at radius 1 is 1.19 bits per heavy atom. The van der Waals surface area contributed by atoms with Crippen LogP contribution in [0.15, 0.2) is 35.8 Å². The topological polar surface area (TPSA) is 62.3 Å². The highest BCUT2D eigenvalue weighted by molar-refractivity contribution is 7.10. The Bertz CT molecular complexity index is 799. The predicted octanol–water partition coefficient (Wildman–Crippen LogP) is 3.61. The first-order valence-electron chi connectivity index (χ1n) is 9.77. The molecular weight excluding hydrogens is 358 g/mol. The average Bonchev–Trinajstić information content (AvgIpc) is 3.39. The first-order valence-corrected chi connectivity index (χ1v) is 10.7. The summed E-state index contributed by atoms with van der Waals surface area (Å²) in [6, 6.07) is 10.4. The van der Waals surface area contributed by atoms with Crippen molar-refractivity contribution in [2.24, 2.45) is 5.92 Å². The van der Waals surface area contributed by atoms with Crippen molar-refractivity contribution >= 4 is 23.2 Å². The number of amides is 2. The van der Waals surface area contributed by atoms with Crippen LogP contribution in [0.5, 0.6) is 0 Å². The second-order valence-electron chi connectivity index (χ2n) is 7.43. The smallest absolute Gasteiger partial charge is 0.225 e. The third kappa shape index (κ3) is 4.05. The molecule has 0 bridgehead atoms. The summed E-state index contributed by atoms with van der Waals surface area (Å²) in [4.78, 5) is 32.5. The van der Waals surface area contributed by atoms with Crippen LogP contribution >= 0.6 is 11.3 Å². The second kappa shape index (κ2) is 8.21. The predicted molar refractivity (Wildman–Crippen MR) is 106 cm³/mol. The van der Waals surface area contributed by atoms with Crippen molar-refractivity contribution in [1.29, 1.82) is 0 Å². The average molecular weight is 384 g/mol. The molecule has 1 aliphatic heterocycles. The van der Waals surface area contributed by atoms with Crippen LogP contribution in [0, 0.1) is 5.92 Å². The fourth-order valence-electron chi connectivity index (χ4n) is 4.19. The highest BCUT2D eigenvalue weighted by Gasteiger charge is 2.35. The van der Waals surface area contributed by atoms with Gasteiger partial charge in [0.2, 0.25) is 11.8 Å². The van der Waals surface area contributed by atoms with E-state index in [1.807, 2.05) is 40.7 Å². The molecule has 2 aromatic rings. The maximum atomic E-state index is 12.7. The molecule has 2 amide bonds. The number of likely N-dealkylation sites (tertiary alicyclic amines) is 1. The van der Waals surface area contributed by atoms with Crippen LogP contribution in [0.4, 0.5) is 0 Å². The summed E-state index contributed by atoms with van der Waals surface area (Å²) >= 11 is 1.56. The molecule has 2 fully saturated rings. The van der Waals surface area contributed by atoms with Gasteiger partial charge >= 0.3 is 0 Å². The molecule has 1 aromatic carbocycles. The Kier molecular flexibility index (Phi) is 5.53. The van der Waals surface area contributed by atoms with Crippen molar-refractivity contribution in [2.45, 2.75) is 51.1 Å². The summed E-state index contributed by atoms with van der Waals surface area (Å²) in [5.41, 5.74) is 3.83. The number of nitrogens with one attached hydrogen (secondary N) is 1. The Morgan fingerprint density at radius 2 is 1.96 bits per heavy atom. The Labute approximate surface area is 163 Å². The zero-order valence-corrected chi connectivity index (χ0v) is 16.2. The first-order chi connectivity index (χ1) is 13.2. The van der Waals surface area contributed by atoms with Crippen LogP contribution in [-0.4, -0.2) is 34.3 Å². The van der Waals surface area contributed by atoms with E-state index >= 15 is 0 Å². The van der Waals surface area contributed by atoms with E-state index in [4.69, 9.17) is 0 Å². The second-order valence-corrected chi connectivity index (χ2v) is 8.37. The minimum absolute atomic E-state index is 0.0536. The molecule has 1 atom stereocenters. The van der Waals surface area contributed by atoms with Gasteiger partial charge in [0.05, 0.1) is 28.5 Å². The summed E-state index contributed by atoms with van der Waals surface area (Å²) in [5.74, 6) is 0.175. The highest BCUT2D eigenvalue weighted by Crippen LogP contribution is 2.29. The Hall–Kier alpha value is -2.21. The molecule has 1 N–H and O–H groups in total. The summed E-state index contributed by atoms with van der Waals surface area (Å²) in [7, 11) is 0. The summed E-state index contributed by atoms with van der Waals surface area (Å²) in [5, 5.41) is 3.08. The minimum Gasteiger partial charge on any atom is -0.351 e. The van der Waals surface area contributed by atoms with Gasteiger partial charge < -0.3 is 10.2 Å². The number of aromatic nitrogens is 1. The van der Waals surface area contributed by atoms with Crippen molar-refractivity contribution < 1.29 is 9.59 Å². The first kappa shape index (κ1) is 18.2. The molecule has 4 rings (SSSR count). The number of carbonyl (C=O) groups is 2. The third-order valence-corrected chi connectivity index (χ3v) is 6.52. The molecule has 27 heavy (non-hydrogen) atoms. The molecule has 2 heterocycles. The number of hydrogen-bond acceptors (Lipinski definition) is 4. The van der Waals surface area contributed by atoms with Crippen LogP contribution in [0.1, 0.15) is 43.4 Å². The van der Waals surface area contributed by atoms with Gasteiger partial charge in [0.15, 0.2) is 0 Å². The molecule has 1 aliphatic carbocycles. The van der Waals surface area contributed by atoms with Gasteiger partial charge in [0.1, 0.15) is 0 Å². The van der Waals surface area contributed by atoms with Gasteiger partial charge in [0, 0.05) is 24.6 Å². The number of nitrogens with zero attached hydrogens (tertiary/aromatic N) is 2. The molecule has 142 valence electrons. The monoisotopic (exact) mass is 383 g/mol. The molecule has 5 nitrogen and oxygen atoms in total. The molecule has 1 unspecified atom stereocenters. The number of hydrogen-bond donors (Lipinski definition) is 1. The lowest BCUT2D eigenvalue weighted by Crippen LogP contribution is -2.49. The van der Waals surface area contributed by atoms with Crippen molar-refractivity contribution in [3.63, 3.8) is 0 Å². The molecule has 1 saturated carbocycles. The molecule has 1 aromatic heterocycles. The van der Waals surface area contributed by atoms with E-state index in [1.54, 1.807) is 11.3 Å². The van der Waals surface area contributed by atoms with Crippen LogP contribution in [0.3, 0.4) is 0 Å². The number of carbonyl (C=O) groups excluding carboxylic acids is 2. The molecular formula is C21H25N3O2S. The van der Waals surface area contributed by atoms with Gasteiger partial charge in [0.25, 0.3) is 0 Å². The van der Waals surface area contributed by atoms with E-state index in [1.165, 1.54) is 12.8 Å². The molecule has 0 radical (unpaired) electrons. The van der Waals surface area contributed by atoms with Gasteiger partial charge in [-0.3, -0.25) is 9.59 Å². The van der Waals surface area contributed by atoms with Crippen molar-refractivity contribution in [1.82, 2.24) is 15.2 Å². The van der Waals surface area contributed by atoms with Crippen molar-refractivity contribution in [3.8, 4) is 11.3 Å². The van der Waals surface area contributed by atoms with Crippen LogP contribution in [0.25, 0.3) is 11.3 Å². The zero-order valence-electron chi connectivity index (χ0n) is 15.4. The van der Waals surface area contributed by atoms with Crippen molar-refractivity contribution in [3.05, 3.63) is 40.7 Å². The summed E-state index contributed by atoms with van der Waals surface area (Å²) < 4.78 is 0. The lowest BCUT2D eigenvalue weighted by molar-refractivity contribution is -0.140. The van der Waals surface area contributed by atoms with Crippen LogP contribution < -0.4 is 5.32 Å². The standard InChI is InChI=1S/C21H25N3O2S/c25-19-11-10-16(13-24(19)17-8-4-5-9-17)21(26)22-12-18-20(23-14-27-18)15-6-2-1-3-7-15/h1-3,6-7,14,16-17H,4-5,8-13H2,(H,22,26). The molecule has 6 heteroatoms.